The van der Waals surface area contributed by atoms with Crippen molar-refractivity contribution in [2.24, 2.45) is 0 Å². The molecule has 1 aliphatic rings. The normalized spacial score (nSPS) is 16.4. The fourth-order valence-electron chi connectivity index (χ4n) is 3.61. The van der Waals surface area contributed by atoms with Gasteiger partial charge in [0.05, 0.1) is 6.54 Å². The number of hydrogen-bond acceptors (Lipinski definition) is 3. The van der Waals surface area contributed by atoms with Crippen molar-refractivity contribution in [2.75, 3.05) is 20.1 Å². The second-order valence-electron chi connectivity index (χ2n) is 6.87. The Hall–Kier alpha value is -2.21. The number of benzene rings is 1. The number of amides is 1. The maximum atomic E-state index is 13.4. The van der Waals surface area contributed by atoms with Gasteiger partial charge in [0.1, 0.15) is 17.7 Å². The Morgan fingerprint density at radius 2 is 1.92 bits per heavy atom. The molecule has 140 valence electrons. The van der Waals surface area contributed by atoms with E-state index in [2.05, 4.69) is 16.8 Å². The smallest absolute Gasteiger partial charge is 0.244 e. The Morgan fingerprint density at radius 1 is 1.23 bits per heavy atom. The van der Waals surface area contributed by atoms with Gasteiger partial charge < -0.3 is 9.47 Å². The first-order valence-electron chi connectivity index (χ1n) is 9.34. The van der Waals surface area contributed by atoms with E-state index in [1.807, 2.05) is 17.8 Å². The van der Waals surface area contributed by atoms with Crippen LogP contribution in [0.1, 0.15) is 43.6 Å². The zero-order chi connectivity index (χ0) is 18.5. The van der Waals surface area contributed by atoms with E-state index < -0.39 is 0 Å². The third kappa shape index (κ3) is 4.12. The summed E-state index contributed by atoms with van der Waals surface area (Å²) in [7, 11) is 1.82. The second-order valence-corrected chi connectivity index (χ2v) is 6.87. The van der Waals surface area contributed by atoms with Crippen molar-refractivity contribution in [3.63, 3.8) is 0 Å². The number of carbonyl (C=O) groups excluding carboxylic acids is 1. The molecule has 1 aromatic heterocycles. The number of likely N-dealkylation sites (N-methyl/N-ethyl adjacent to an activating group) is 1. The molecule has 0 bridgehead atoms. The van der Waals surface area contributed by atoms with E-state index in [1.54, 1.807) is 23.2 Å². The highest BCUT2D eigenvalue weighted by Gasteiger charge is 2.31. The SMILES string of the molecule is CCn1ccnc1CN(C)C(=O)C(c1ccc(F)cc1)N1CCCCC1. The number of imidazole rings is 1. The first-order chi connectivity index (χ1) is 12.6. The van der Waals surface area contributed by atoms with Crippen LogP contribution in [0.5, 0.6) is 0 Å². The van der Waals surface area contributed by atoms with Gasteiger partial charge in [-0.2, -0.15) is 0 Å². The third-order valence-corrected chi connectivity index (χ3v) is 5.07. The maximum absolute atomic E-state index is 13.4. The lowest BCUT2D eigenvalue weighted by molar-refractivity contribution is -0.137. The van der Waals surface area contributed by atoms with Gasteiger partial charge in [-0.1, -0.05) is 18.6 Å². The number of aryl methyl sites for hydroxylation is 1. The van der Waals surface area contributed by atoms with Crippen molar-refractivity contribution < 1.29 is 9.18 Å². The summed E-state index contributed by atoms with van der Waals surface area (Å²) in [4.78, 5) is 21.6. The summed E-state index contributed by atoms with van der Waals surface area (Å²) in [5.74, 6) is 0.626. The minimum atomic E-state index is -0.370. The number of piperidine rings is 1. The van der Waals surface area contributed by atoms with Gasteiger partial charge in [-0.25, -0.2) is 9.37 Å². The fraction of sp³-hybridized carbons (Fsp3) is 0.500. The van der Waals surface area contributed by atoms with Crippen LogP contribution in [-0.2, 0) is 17.9 Å². The van der Waals surface area contributed by atoms with E-state index in [4.69, 9.17) is 0 Å². The lowest BCUT2D eigenvalue weighted by Gasteiger charge is -2.36. The molecule has 0 aliphatic carbocycles. The van der Waals surface area contributed by atoms with Gasteiger partial charge in [0.2, 0.25) is 5.91 Å². The number of rotatable bonds is 6. The van der Waals surface area contributed by atoms with Crippen LogP contribution in [0, 0.1) is 5.82 Å². The molecule has 1 amide bonds. The summed E-state index contributed by atoms with van der Waals surface area (Å²) in [6, 6.07) is 5.96. The van der Waals surface area contributed by atoms with E-state index in [0.29, 0.717) is 6.54 Å². The van der Waals surface area contributed by atoms with Crippen molar-refractivity contribution in [2.45, 2.75) is 45.3 Å². The molecule has 1 aliphatic heterocycles. The van der Waals surface area contributed by atoms with Gasteiger partial charge in [-0.15, -0.1) is 0 Å². The molecule has 0 radical (unpaired) electrons. The van der Waals surface area contributed by atoms with Crippen LogP contribution in [0.4, 0.5) is 4.39 Å². The average molecular weight is 358 g/mol. The lowest BCUT2D eigenvalue weighted by atomic mass is 10.0. The molecule has 1 atom stereocenters. The van der Waals surface area contributed by atoms with Crippen LogP contribution in [0.2, 0.25) is 0 Å². The van der Waals surface area contributed by atoms with Crippen molar-refractivity contribution in [3.8, 4) is 0 Å². The summed E-state index contributed by atoms with van der Waals surface area (Å²) in [5.41, 5.74) is 0.851. The van der Waals surface area contributed by atoms with Crippen molar-refractivity contribution in [3.05, 3.63) is 53.9 Å². The topological polar surface area (TPSA) is 41.4 Å². The monoisotopic (exact) mass is 358 g/mol. The van der Waals surface area contributed by atoms with Crippen molar-refractivity contribution in [1.82, 2.24) is 19.4 Å². The Kier molecular flexibility index (Phi) is 6.04. The highest BCUT2D eigenvalue weighted by Crippen LogP contribution is 2.27. The minimum Gasteiger partial charge on any atom is -0.337 e. The van der Waals surface area contributed by atoms with Gasteiger partial charge in [-0.05, 0) is 50.6 Å². The molecular formula is C20H27FN4O. The van der Waals surface area contributed by atoms with Crippen LogP contribution in [0.15, 0.2) is 36.7 Å². The Balaban J connectivity index is 1.82. The largest absolute Gasteiger partial charge is 0.337 e. The van der Waals surface area contributed by atoms with Crippen molar-refractivity contribution in [1.29, 1.82) is 0 Å². The number of likely N-dealkylation sites (tertiary alicyclic amines) is 1. The Labute approximate surface area is 154 Å². The predicted octanol–water partition coefficient (Wildman–Crippen LogP) is 3.23. The molecule has 5 nitrogen and oxygen atoms in total. The predicted molar refractivity (Wildman–Crippen MR) is 98.9 cm³/mol. The third-order valence-electron chi connectivity index (χ3n) is 5.07. The maximum Gasteiger partial charge on any atom is 0.244 e. The molecule has 1 unspecified atom stereocenters. The highest BCUT2D eigenvalue weighted by molar-refractivity contribution is 5.83. The number of halogens is 1. The fourth-order valence-corrected chi connectivity index (χ4v) is 3.61. The number of carbonyl (C=O) groups is 1. The molecule has 2 heterocycles. The Bertz CT molecular complexity index is 722. The zero-order valence-electron chi connectivity index (χ0n) is 15.6. The van der Waals surface area contributed by atoms with Gasteiger partial charge in [0.15, 0.2) is 0 Å². The highest BCUT2D eigenvalue weighted by atomic mass is 19.1. The summed E-state index contributed by atoms with van der Waals surface area (Å²) in [6.07, 6.45) is 7.07. The number of nitrogens with zero attached hydrogens (tertiary/aromatic N) is 4. The summed E-state index contributed by atoms with van der Waals surface area (Å²) in [5, 5.41) is 0. The van der Waals surface area contributed by atoms with Gasteiger partial charge in [0, 0.05) is 26.0 Å². The van der Waals surface area contributed by atoms with Gasteiger partial charge in [-0.3, -0.25) is 9.69 Å². The molecule has 1 aromatic carbocycles. The van der Waals surface area contributed by atoms with Crippen LogP contribution >= 0.6 is 0 Å². The standard InChI is InChI=1S/C20H27FN4O/c1-3-24-14-11-22-18(24)15-23(2)20(26)19(25-12-5-4-6-13-25)16-7-9-17(21)10-8-16/h7-11,14,19H,3-6,12-13,15H2,1-2H3. The van der Waals surface area contributed by atoms with Crippen LogP contribution in [-0.4, -0.2) is 45.4 Å². The number of aromatic nitrogens is 2. The summed E-state index contributed by atoms with van der Waals surface area (Å²) in [6.45, 7) is 5.13. The molecular weight excluding hydrogens is 331 g/mol. The van der Waals surface area contributed by atoms with E-state index in [9.17, 15) is 9.18 Å². The van der Waals surface area contributed by atoms with Crippen molar-refractivity contribution >= 4 is 5.91 Å². The zero-order valence-corrected chi connectivity index (χ0v) is 15.6. The van der Waals surface area contributed by atoms with E-state index in [0.717, 1.165) is 43.9 Å². The van der Waals surface area contributed by atoms with E-state index in [-0.39, 0.29) is 17.8 Å². The molecule has 0 saturated carbocycles. The molecule has 0 N–H and O–H groups in total. The molecule has 6 heteroatoms. The minimum absolute atomic E-state index is 0.0316. The first kappa shape index (κ1) is 18.6. The molecule has 2 aromatic rings. The average Bonchev–Trinajstić information content (AvgIpc) is 3.11. The van der Waals surface area contributed by atoms with E-state index >= 15 is 0 Å². The summed E-state index contributed by atoms with van der Waals surface area (Å²) < 4.78 is 15.4. The van der Waals surface area contributed by atoms with E-state index in [1.165, 1.54) is 18.6 Å². The van der Waals surface area contributed by atoms with Crippen LogP contribution < -0.4 is 0 Å². The number of hydrogen-bond donors (Lipinski definition) is 0. The van der Waals surface area contributed by atoms with Crippen LogP contribution in [0.25, 0.3) is 0 Å². The molecule has 3 rings (SSSR count). The quantitative estimate of drug-likeness (QED) is 0.796. The second kappa shape index (κ2) is 8.45. The Morgan fingerprint density at radius 3 is 2.58 bits per heavy atom. The molecule has 0 spiro atoms. The van der Waals surface area contributed by atoms with Crippen LogP contribution in [0.3, 0.4) is 0 Å². The van der Waals surface area contributed by atoms with Gasteiger partial charge in [0.25, 0.3) is 0 Å². The molecule has 1 saturated heterocycles. The first-order valence-corrected chi connectivity index (χ1v) is 9.34. The molecule has 1 fully saturated rings. The summed E-state index contributed by atoms with van der Waals surface area (Å²) >= 11 is 0. The molecule has 26 heavy (non-hydrogen) atoms. The van der Waals surface area contributed by atoms with Gasteiger partial charge >= 0.3 is 0 Å². The lowest BCUT2D eigenvalue weighted by Crippen LogP contribution is -2.43.